The number of aromatic nitrogens is 3. The summed E-state index contributed by atoms with van der Waals surface area (Å²) < 4.78 is 12.3. The number of ether oxygens (including phenoxy) is 1. The fourth-order valence-corrected chi connectivity index (χ4v) is 2.32. The summed E-state index contributed by atoms with van der Waals surface area (Å²) in [5, 5.41) is 4.57. The Kier molecular flexibility index (Phi) is 3.31. The molecule has 0 spiro atoms. The third-order valence-corrected chi connectivity index (χ3v) is 3.33. The van der Waals surface area contributed by atoms with Crippen molar-refractivity contribution in [1.82, 2.24) is 14.7 Å². The molecule has 0 aliphatic heterocycles. The van der Waals surface area contributed by atoms with Crippen molar-refractivity contribution < 1.29 is 9.26 Å². The van der Waals surface area contributed by atoms with Crippen LogP contribution in [0.1, 0.15) is 0 Å². The van der Waals surface area contributed by atoms with Gasteiger partial charge in [0.05, 0.1) is 19.0 Å². The lowest BCUT2D eigenvalue weighted by Gasteiger charge is -2.08. The molecule has 0 unspecified atom stereocenters. The molecule has 0 aliphatic carbocycles. The van der Waals surface area contributed by atoms with Crippen molar-refractivity contribution in [3.05, 3.63) is 35.7 Å². The van der Waals surface area contributed by atoms with Gasteiger partial charge in [-0.05, 0) is 18.2 Å². The Bertz CT molecular complexity index is 794. The summed E-state index contributed by atoms with van der Waals surface area (Å²) in [5.41, 5.74) is 8.47. The number of benzene rings is 1. The van der Waals surface area contributed by atoms with E-state index in [1.165, 1.54) is 0 Å². The van der Waals surface area contributed by atoms with Gasteiger partial charge in [-0.3, -0.25) is 0 Å². The number of nitrogens with zero attached hydrogens (tertiary/aromatic N) is 3. The molecule has 0 radical (unpaired) electrons. The predicted molar refractivity (Wildman–Crippen MR) is 80.1 cm³/mol. The molecule has 0 atom stereocenters. The average Bonchev–Trinajstić information content (AvgIpc) is 3.04. The molecular formula is C14H13ClN4O2. The minimum absolute atomic E-state index is 0.191. The van der Waals surface area contributed by atoms with Crippen LogP contribution < -0.4 is 10.5 Å². The molecule has 2 heterocycles. The zero-order valence-electron chi connectivity index (χ0n) is 11.5. The van der Waals surface area contributed by atoms with E-state index in [9.17, 15) is 0 Å². The number of methoxy groups -OCH3 is 1. The maximum Gasteiger partial charge on any atom is 0.230 e. The minimum Gasteiger partial charge on any atom is -0.496 e. The van der Waals surface area contributed by atoms with Gasteiger partial charge in [0, 0.05) is 23.8 Å². The van der Waals surface area contributed by atoms with Crippen LogP contribution in [0, 0.1) is 0 Å². The SMILES string of the molecule is COc1ccc(Cl)cc1-c1c(-c2cn(C)cn2)noc1N. The Morgan fingerprint density at radius 2 is 2.19 bits per heavy atom. The number of imidazole rings is 1. The second-order valence-corrected chi connectivity index (χ2v) is 4.98. The van der Waals surface area contributed by atoms with Gasteiger partial charge in [0.25, 0.3) is 0 Å². The highest BCUT2D eigenvalue weighted by molar-refractivity contribution is 6.31. The van der Waals surface area contributed by atoms with Crippen molar-refractivity contribution >= 4 is 17.5 Å². The van der Waals surface area contributed by atoms with Gasteiger partial charge in [-0.1, -0.05) is 16.8 Å². The zero-order chi connectivity index (χ0) is 15.0. The van der Waals surface area contributed by atoms with Crippen LogP contribution in [0.2, 0.25) is 5.02 Å². The first kappa shape index (κ1) is 13.5. The predicted octanol–water partition coefficient (Wildman–Crippen LogP) is 2.99. The van der Waals surface area contributed by atoms with Gasteiger partial charge in [0.2, 0.25) is 5.88 Å². The quantitative estimate of drug-likeness (QED) is 0.804. The van der Waals surface area contributed by atoms with E-state index >= 15 is 0 Å². The van der Waals surface area contributed by atoms with Gasteiger partial charge >= 0.3 is 0 Å². The number of hydrogen-bond donors (Lipinski definition) is 1. The molecule has 7 heteroatoms. The number of aryl methyl sites for hydroxylation is 1. The number of rotatable bonds is 3. The Morgan fingerprint density at radius 1 is 1.38 bits per heavy atom. The van der Waals surface area contributed by atoms with Crippen LogP contribution in [0.15, 0.2) is 35.2 Å². The minimum atomic E-state index is 0.191. The van der Waals surface area contributed by atoms with Crippen LogP contribution in [-0.4, -0.2) is 21.8 Å². The number of hydrogen-bond acceptors (Lipinski definition) is 5. The largest absolute Gasteiger partial charge is 0.496 e. The molecule has 108 valence electrons. The van der Waals surface area contributed by atoms with Gasteiger partial charge < -0.3 is 19.6 Å². The Balaban J connectivity index is 2.24. The molecule has 2 aromatic heterocycles. The maximum absolute atomic E-state index is 6.08. The molecule has 21 heavy (non-hydrogen) atoms. The van der Waals surface area contributed by atoms with E-state index in [4.69, 9.17) is 26.6 Å². The summed E-state index contributed by atoms with van der Waals surface area (Å²) in [6, 6.07) is 5.27. The fourth-order valence-electron chi connectivity index (χ4n) is 2.15. The van der Waals surface area contributed by atoms with E-state index in [1.807, 2.05) is 17.8 Å². The van der Waals surface area contributed by atoms with Crippen LogP contribution >= 0.6 is 11.6 Å². The van der Waals surface area contributed by atoms with Gasteiger partial charge in [0.1, 0.15) is 17.1 Å². The normalized spacial score (nSPS) is 10.8. The second kappa shape index (κ2) is 5.14. The Hall–Kier alpha value is -2.47. The van der Waals surface area contributed by atoms with Crippen LogP contribution in [-0.2, 0) is 7.05 Å². The lowest BCUT2D eigenvalue weighted by molar-refractivity contribution is 0.416. The molecular weight excluding hydrogens is 292 g/mol. The second-order valence-electron chi connectivity index (χ2n) is 4.54. The van der Waals surface area contributed by atoms with Crippen molar-refractivity contribution in [2.45, 2.75) is 0 Å². The topological polar surface area (TPSA) is 79.1 Å². The van der Waals surface area contributed by atoms with Crippen molar-refractivity contribution in [2.24, 2.45) is 7.05 Å². The summed E-state index contributed by atoms with van der Waals surface area (Å²) in [4.78, 5) is 4.27. The standard InChI is InChI=1S/C14H13ClN4O2/c1-19-6-10(17-7-19)13-12(14(16)21-18-13)9-5-8(15)3-4-11(9)20-2/h3-7H,16H2,1-2H3. The van der Waals surface area contributed by atoms with E-state index in [0.29, 0.717) is 33.3 Å². The summed E-state index contributed by atoms with van der Waals surface area (Å²) in [6.07, 6.45) is 3.51. The summed E-state index contributed by atoms with van der Waals surface area (Å²) in [6.45, 7) is 0. The molecule has 1 aromatic carbocycles. The van der Waals surface area contributed by atoms with Crippen molar-refractivity contribution in [3.63, 3.8) is 0 Å². The van der Waals surface area contributed by atoms with Gasteiger partial charge in [-0.15, -0.1) is 0 Å². The van der Waals surface area contributed by atoms with Gasteiger partial charge in [-0.2, -0.15) is 0 Å². The molecule has 0 bridgehead atoms. The number of halogens is 1. The van der Waals surface area contributed by atoms with Crippen LogP contribution in [0.4, 0.5) is 5.88 Å². The molecule has 0 saturated carbocycles. The lowest BCUT2D eigenvalue weighted by Crippen LogP contribution is -1.92. The van der Waals surface area contributed by atoms with Crippen LogP contribution in [0.3, 0.4) is 0 Å². The highest BCUT2D eigenvalue weighted by Crippen LogP contribution is 2.41. The molecule has 2 N–H and O–H groups in total. The summed E-state index contributed by atoms with van der Waals surface area (Å²) in [7, 11) is 3.45. The Labute approximate surface area is 126 Å². The smallest absolute Gasteiger partial charge is 0.230 e. The van der Waals surface area contributed by atoms with E-state index in [2.05, 4.69) is 10.1 Å². The third kappa shape index (κ3) is 2.34. The summed E-state index contributed by atoms with van der Waals surface area (Å²) >= 11 is 6.08. The van der Waals surface area contributed by atoms with E-state index in [0.717, 1.165) is 0 Å². The highest BCUT2D eigenvalue weighted by Gasteiger charge is 2.22. The van der Waals surface area contributed by atoms with E-state index < -0.39 is 0 Å². The summed E-state index contributed by atoms with van der Waals surface area (Å²) in [5.74, 6) is 0.822. The molecule has 6 nitrogen and oxygen atoms in total. The first-order valence-electron chi connectivity index (χ1n) is 6.17. The van der Waals surface area contributed by atoms with Crippen molar-refractivity contribution in [2.75, 3.05) is 12.8 Å². The number of anilines is 1. The van der Waals surface area contributed by atoms with E-state index in [1.54, 1.807) is 31.6 Å². The van der Waals surface area contributed by atoms with Crippen LogP contribution in [0.5, 0.6) is 5.75 Å². The zero-order valence-corrected chi connectivity index (χ0v) is 12.3. The average molecular weight is 305 g/mol. The maximum atomic E-state index is 6.08. The van der Waals surface area contributed by atoms with Crippen molar-refractivity contribution in [1.29, 1.82) is 0 Å². The molecule has 3 rings (SSSR count). The van der Waals surface area contributed by atoms with Gasteiger partial charge in [0.15, 0.2) is 0 Å². The molecule has 0 fully saturated rings. The molecule has 3 aromatic rings. The first-order valence-corrected chi connectivity index (χ1v) is 6.55. The number of nitrogen functional groups attached to an aromatic ring is 1. The van der Waals surface area contributed by atoms with E-state index in [-0.39, 0.29) is 5.88 Å². The highest BCUT2D eigenvalue weighted by atomic mass is 35.5. The lowest BCUT2D eigenvalue weighted by atomic mass is 10.0. The number of nitrogens with two attached hydrogens (primary N) is 1. The molecule has 0 amide bonds. The van der Waals surface area contributed by atoms with Crippen LogP contribution in [0.25, 0.3) is 22.5 Å². The molecule has 0 saturated heterocycles. The fraction of sp³-hybridized carbons (Fsp3) is 0.143. The van der Waals surface area contributed by atoms with Crippen molar-refractivity contribution in [3.8, 4) is 28.3 Å². The molecule has 0 aliphatic rings. The Morgan fingerprint density at radius 3 is 2.86 bits per heavy atom. The monoisotopic (exact) mass is 304 g/mol. The van der Waals surface area contributed by atoms with Gasteiger partial charge in [-0.25, -0.2) is 4.98 Å². The first-order chi connectivity index (χ1) is 10.1. The third-order valence-electron chi connectivity index (χ3n) is 3.10.